The predicted molar refractivity (Wildman–Crippen MR) is 91.6 cm³/mol. The van der Waals surface area contributed by atoms with Gasteiger partial charge in [0.15, 0.2) is 0 Å². The maximum Gasteiger partial charge on any atom is 0.127 e. The van der Waals surface area contributed by atoms with E-state index in [0.29, 0.717) is 6.61 Å². The van der Waals surface area contributed by atoms with Crippen LogP contribution in [0, 0.1) is 0 Å². The van der Waals surface area contributed by atoms with Gasteiger partial charge in [0.25, 0.3) is 0 Å². The van der Waals surface area contributed by atoms with Gasteiger partial charge in [-0.3, -0.25) is 0 Å². The van der Waals surface area contributed by atoms with E-state index in [1.807, 2.05) is 26.0 Å². The van der Waals surface area contributed by atoms with Crippen LogP contribution in [0.4, 0.5) is 0 Å². The number of methoxy groups -OCH3 is 1. The third-order valence-electron chi connectivity index (χ3n) is 3.96. The summed E-state index contributed by atoms with van der Waals surface area (Å²) in [5.74, 6) is 0.870. The van der Waals surface area contributed by atoms with E-state index in [1.54, 1.807) is 7.11 Å². The topological polar surface area (TPSA) is 18.5 Å². The molecule has 0 aromatic heterocycles. The molecule has 2 aromatic rings. The fourth-order valence-corrected chi connectivity index (χ4v) is 2.66. The van der Waals surface area contributed by atoms with Crippen LogP contribution in [0.1, 0.15) is 38.8 Å². The summed E-state index contributed by atoms with van der Waals surface area (Å²) in [6.07, 6.45) is 0. The number of rotatable bonds is 6. The summed E-state index contributed by atoms with van der Waals surface area (Å²) in [6, 6.07) is 18.9. The van der Waals surface area contributed by atoms with Crippen molar-refractivity contribution in [1.82, 2.24) is 0 Å². The molecule has 0 radical (unpaired) electrons. The highest BCUT2D eigenvalue weighted by atomic mass is 16.5. The van der Waals surface area contributed by atoms with Crippen LogP contribution in [-0.4, -0.2) is 19.3 Å². The second kappa shape index (κ2) is 6.53. The summed E-state index contributed by atoms with van der Waals surface area (Å²) in [6.45, 7) is 9.10. The molecular formula is C20H26O2. The lowest BCUT2D eigenvalue weighted by molar-refractivity contribution is 0.0180. The van der Waals surface area contributed by atoms with Gasteiger partial charge in [0.1, 0.15) is 11.4 Å². The Bertz CT molecular complexity index is 583. The van der Waals surface area contributed by atoms with Crippen LogP contribution in [-0.2, 0) is 10.2 Å². The summed E-state index contributed by atoms with van der Waals surface area (Å²) in [4.78, 5) is 0. The molecule has 0 amide bonds. The van der Waals surface area contributed by atoms with E-state index in [-0.39, 0.29) is 11.0 Å². The van der Waals surface area contributed by atoms with Crippen molar-refractivity contribution >= 4 is 0 Å². The molecule has 22 heavy (non-hydrogen) atoms. The van der Waals surface area contributed by atoms with Crippen LogP contribution < -0.4 is 4.74 Å². The van der Waals surface area contributed by atoms with Crippen molar-refractivity contribution in [3.63, 3.8) is 0 Å². The first kappa shape index (κ1) is 16.6. The molecule has 0 N–H and O–H groups in total. The fourth-order valence-electron chi connectivity index (χ4n) is 2.66. The maximum absolute atomic E-state index is 5.99. The highest BCUT2D eigenvalue weighted by Gasteiger charge is 2.24. The molecule has 0 saturated heterocycles. The maximum atomic E-state index is 5.99. The van der Waals surface area contributed by atoms with Gasteiger partial charge in [-0.25, -0.2) is 0 Å². The van der Waals surface area contributed by atoms with Gasteiger partial charge in [-0.05, 0) is 37.1 Å². The van der Waals surface area contributed by atoms with E-state index in [0.717, 1.165) is 5.75 Å². The molecule has 2 aromatic carbocycles. The highest BCUT2D eigenvalue weighted by Crippen LogP contribution is 2.32. The largest absolute Gasteiger partial charge is 0.485 e. The van der Waals surface area contributed by atoms with Crippen LogP contribution in [0.5, 0.6) is 5.75 Å². The molecule has 2 rings (SSSR count). The molecule has 118 valence electrons. The molecule has 0 aliphatic carbocycles. The predicted octanol–water partition coefficient (Wildman–Crippen LogP) is 4.82. The molecule has 0 aliphatic heterocycles. The fraction of sp³-hybridized carbons (Fsp3) is 0.400. The Morgan fingerprint density at radius 2 is 1.32 bits per heavy atom. The quantitative estimate of drug-likeness (QED) is 0.761. The van der Waals surface area contributed by atoms with E-state index < -0.39 is 0 Å². The number of hydrogen-bond acceptors (Lipinski definition) is 2. The lowest BCUT2D eigenvalue weighted by atomic mass is 9.78. The van der Waals surface area contributed by atoms with Crippen molar-refractivity contribution in [2.24, 2.45) is 0 Å². The number of hydrogen-bond donors (Lipinski definition) is 0. The van der Waals surface area contributed by atoms with Gasteiger partial charge in [0.2, 0.25) is 0 Å². The van der Waals surface area contributed by atoms with Crippen LogP contribution in [0.25, 0.3) is 0 Å². The van der Waals surface area contributed by atoms with Crippen LogP contribution >= 0.6 is 0 Å². The van der Waals surface area contributed by atoms with Crippen molar-refractivity contribution in [2.45, 2.75) is 38.7 Å². The van der Waals surface area contributed by atoms with Gasteiger partial charge < -0.3 is 9.47 Å². The minimum atomic E-state index is -0.328. The summed E-state index contributed by atoms with van der Waals surface area (Å²) in [5.41, 5.74) is 2.23. The Morgan fingerprint density at radius 3 is 1.86 bits per heavy atom. The molecule has 2 nitrogen and oxygen atoms in total. The van der Waals surface area contributed by atoms with Gasteiger partial charge in [-0.2, -0.15) is 0 Å². The molecule has 0 unspecified atom stereocenters. The summed E-state index contributed by atoms with van der Waals surface area (Å²) in [5, 5.41) is 0. The Hall–Kier alpha value is -1.80. The normalized spacial score (nSPS) is 12.2. The molecule has 2 heteroatoms. The minimum Gasteiger partial charge on any atom is -0.485 e. The first-order valence-corrected chi connectivity index (χ1v) is 7.69. The average Bonchev–Trinajstić information content (AvgIpc) is 2.48. The first-order valence-electron chi connectivity index (χ1n) is 7.69. The van der Waals surface area contributed by atoms with E-state index in [9.17, 15) is 0 Å². The minimum absolute atomic E-state index is 0.0260. The molecule has 0 heterocycles. The molecule has 0 atom stereocenters. The second-order valence-electron chi connectivity index (χ2n) is 6.81. The smallest absolute Gasteiger partial charge is 0.127 e. The molecular weight excluding hydrogens is 272 g/mol. The van der Waals surface area contributed by atoms with Gasteiger partial charge in [0.05, 0.1) is 6.61 Å². The zero-order chi connectivity index (χ0) is 16.2. The average molecular weight is 298 g/mol. The van der Waals surface area contributed by atoms with Crippen molar-refractivity contribution in [3.8, 4) is 5.75 Å². The zero-order valence-corrected chi connectivity index (χ0v) is 14.2. The lowest BCUT2D eigenvalue weighted by Gasteiger charge is -2.28. The first-order chi connectivity index (χ1) is 10.3. The van der Waals surface area contributed by atoms with Gasteiger partial charge in [-0.15, -0.1) is 0 Å². The van der Waals surface area contributed by atoms with Crippen molar-refractivity contribution in [2.75, 3.05) is 13.7 Å². The molecule has 0 fully saturated rings. The lowest BCUT2D eigenvalue weighted by Crippen LogP contribution is -2.33. The van der Waals surface area contributed by atoms with E-state index in [2.05, 4.69) is 56.3 Å². The van der Waals surface area contributed by atoms with Crippen LogP contribution in [0.15, 0.2) is 54.6 Å². The van der Waals surface area contributed by atoms with Crippen LogP contribution in [0.3, 0.4) is 0 Å². The monoisotopic (exact) mass is 298 g/mol. The second-order valence-corrected chi connectivity index (χ2v) is 6.81. The SMILES string of the molecule is COCC(C)(C)Oc1ccc(C(C)(C)c2ccccc2)cc1. The van der Waals surface area contributed by atoms with E-state index >= 15 is 0 Å². The third-order valence-corrected chi connectivity index (χ3v) is 3.96. The summed E-state index contributed by atoms with van der Waals surface area (Å²) < 4.78 is 11.2. The summed E-state index contributed by atoms with van der Waals surface area (Å²) in [7, 11) is 1.69. The van der Waals surface area contributed by atoms with Crippen molar-refractivity contribution in [1.29, 1.82) is 0 Å². The van der Waals surface area contributed by atoms with Gasteiger partial charge in [-0.1, -0.05) is 56.3 Å². The number of benzene rings is 2. The number of ether oxygens (including phenoxy) is 2. The molecule has 0 aliphatic rings. The molecule has 0 spiro atoms. The highest BCUT2D eigenvalue weighted by molar-refractivity contribution is 5.40. The van der Waals surface area contributed by atoms with Gasteiger partial charge >= 0.3 is 0 Å². The Labute approximate surface area is 134 Å². The standard InChI is InChI=1S/C20H26O2/c1-19(2,15-21-5)22-18-13-11-17(12-14-18)20(3,4)16-9-7-6-8-10-16/h6-14H,15H2,1-5H3. The van der Waals surface area contributed by atoms with Crippen LogP contribution in [0.2, 0.25) is 0 Å². The molecule has 0 bridgehead atoms. The van der Waals surface area contributed by atoms with Crippen molar-refractivity contribution < 1.29 is 9.47 Å². The third kappa shape index (κ3) is 3.89. The van der Waals surface area contributed by atoms with Gasteiger partial charge in [0, 0.05) is 12.5 Å². The van der Waals surface area contributed by atoms with E-state index in [4.69, 9.17) is 9.47 Å². The zero-order valence-electron chi connectivity index (χ0n) is 14.2. The van der Waals surface area contributed by atoms with Crippen molar-refractivity contribution in [3.05, 3.63) is 65.7 Å². The Morgan fingerprint density at radius 1 is 0.773 bits per heavy atom. The Balaban J connectivity index is 2.18. The summed E-state index contributed by atoms with van der Waals surface area (Å²) >= 11 is 0. The van der Waals surface area contributed by atoms with E-state index in [1.165, 1.54) is 11.1 Å². The molecule has 0 saturated carbocycles. The Kier molecular flexibility index (Phi) is 4.92.